The molecule has 2 aromatic heterocycles. The number of hydrazine groups is 1. The van der Waals surface area contributed by atoms with Crippen LogP contribution in [0.2, 0.25) is 5.15 Å². The number of rotatable bonds is 4. The third-order valence-corrected chi connectivity index (χ3v) is 6.55. The van der Waals surface area contributed by atoms with Crippen molar-refractivity contribution in [1.29, 1.82) is 0 Å². The van der Waals surface area contributed by atoms with E-state index in [1.54, 1.807) is 0 Å². The van der Waals surface area contributed by atoms with Gasteiger partial charge in [0.1, 0.15) is 10.0 Å². The number of thiophene rings is 1. The Bertz CT molecular complexity index is 863. The normalized spacial score (nSPS) is 17.3. The Morgan fingerprint density at radius 2 is 2.21 bits per heavy atom. The van der Waals surface area contributed by atoms with Gasteiger partial charge in [0.25, 0.3) is 15.9 Å². The van der Waals surface area contributed by atoms with Gasteiger partial charge in [0, 0.05) is 11.1 Å². The fourth-order valence-electron chi connectivity index (χ4n) is 2.57. The van der Waals surface area contributed by atoms with Crippen LogP contribution in [0.5, 0.6) is 0 Å². The summed E-state index contributed by atoms with van der Waals surface area (Å²) < 4.78 is 24.2. The molecule has 1 atom stereocenters. The largest absolute Gasteiger partial charge is 0.276 e. The fraction of sp³-hybridized carbons (Fsp3) is 0.333. The van der Waals surface area contributed by atoms with Crippen molar-refractivity contribution in [3.05, 3.63) is 44.9 Å². The lowest BCUT2D eigenvalue weighted by molar-refractivity contribution is 0.0949. The number of nitrogens with zero attached hydrogens (tertiary/aromatic N) is 1. The zero-order valence-electron chi connectivity index (χ0n) is 12.9. The Morgan fingerprint density at radius 3 is 2.92 bits per heavy atom. The highest BCUT2D eigenvalue weighted by Crippen LogP contribution is 2.32. The number of fused-ring (bicyclic) bond motifs is 1. The molecule has 0 saturated carbocycles. The molecule has 2 N–H and O–H groups in total. The van der Waals surface area contributed by atoms with E-state index < -0.39 is 15.9 Å². The summed E-state index contributed by atoms with van der Waals surface area (Å²) in [5.41, 5.74) is 3.43. The van der Waals surface area contributed by atoms with Crippen LogP contribution in [0, 0.1) is 5.92 Å². The topological polar surface area (TPSA) is 88.2 Å². The van der Waals surface area contributed by atoms with Crippen LogP contribution in [0.15, 0.2) is 29.3 Å². The van der Waals surface area contributed by atoms with Crippen LogP contribution in [0.25, 0.3) is 0 Å². The minimum Gasteiger partial charge on any atom is -0.273 e. The van der Waals surface area contributed by atoms with Crippen molar-refractivity contribution in [2.24, 2.45) is 5.92 Å². The molecule has 9 heteroatoms. The maximum atomic E-state index is 12.2. The highest BCUT2D eigenvalue weighted by atomic mass is 35.5. The molecule has 1 aliphatic rings. The predicted octanol–water partition coefficient (Wildman–Crippen LogP) is 2.54. The number of halogens is 1. The van der Waals surface area contributed by atoms with Crippen molar-refractivity contribution < 1.29 is 13.2 Å². The summed E-state index contributed by atoms with van der Waals surface area (Å²) in [5.74, 6) is 0.145. The third-order valence-electron chi connectivity index (χ3n) is 3.86. The van der Waals surface area contributed by atoms with Gasteiger partial charge < -0.3 is 0 Å². The Kier molecular flexibility index (Phi) is 4.91. The molecule has 0 fully saturated rings. The molecular formula is C15H16ClN3O3S2. The number of hydrogen-bond donors (Lipinski definition) is 2. The van der Waals surface area contributed by atoms with Crippen LogP contribution in [0.3, 0.4) is 0 Å². The van der Waals surface area contributed by atoms with Crippen molar-refractivity contribution in [3.8, 4) is 0 Å². The maximum Gasteiger partial charge on any atom is 0.276 e. The standard InChI is InChI=1S/C15H16ClN3O3S2/c1-9-2-4-12-10(6-9)7-13(23-12)15(20)18-19-24(21,22)11-3-5-14(16)17-8-11/h3,5,7-9,19H,2,4,6H2,1H3,(H,18,20)/t9-/m1/s1. The van der Waals surface area contributed by atoms with E-state index in [-0.39, 0.29) is 10.0 Å². The molecule has 2 heterocycles. The Morgan fingerprint density at radius 1 is 1.42 bits per heavy atom. The van der Waals surface area contributed by atoms with Crippen LogP contribution < -0.4 is 10.3 Å². The van der Waals surface area contributed by atoms with Crippen LogP contribution in [0.4, 0.5) is 0 Å². The molecule has 0 radical (unpaired) electrons. The Balaban J connectivity index is 1.68. The molecule has 0 saturated heterocycles. The van der Waals surface area contributed by atoms with Crippen molar-refractivity contribution in [1.82, 2.24) is 15.2 Å². The van der Waals surface area contributed by atoms with E-state index in [0.29, 0.717) is 10.8 Å². The van der Waals surface area contributed by atoms with Gasteiger partial charge in [-0.15, -0.1) is 16.2 Å². The zero-order valence-corrected chi connectivity index (χ0v) is 15.3. The fourth-order valence-corrected chi connectivity index (χ4v) is 4.57. The molecular weight excluding hydrogens is 370 g/mol. The molecule has 3 rings (SSSR count). The summed E-state index contributed by atoms with van der Waals surface area (Å²) in [7, 11) is -3.89. The Labute approximate surface area is 149 Å². The molecule has 1 aliphatic carbocycles. The summed E-state index contributed by atoms with van der Waals surface area (Å²) in [4.78, 5) is 19.6. The minimum absolute atomic E-state index is 0.0773. The van der Waals surface area contributed by atoms with Crippen LogP contribution in [-0.4, -0.2) is 19.3 Å². The molecule has 0 unspecified atom stereocenters. The average Bonchev–Trinajstić information content (AvgIpc) is 2.96. The van der Waals surface area contributed by atoms with Crippen molar-refractivity contribution in [2.75, 3.05) is 0 Å². The highest BCUT2D eigenvalue weighted by Gasteiger charge is 2.22. The molecule has 2 aromatic rings. The number of hydrogen-bond acceptors (Lipinski definition) is 5. The quantitative estimate of drug-likeness (QED) is 0.625. The first-order chi connectivity index (χ1) is 11.3. The smallest absolute Gasteiger partial charge is 0.273 e. The molecule has 0 aliphatic heterocycles. The summed E-state index contributed by atoms with van der Waals surface area (Å²) in [6, 6.07) is 4.53. The first-order valence-electron chi connectivity index (χ1n) is 7.40. The van der Waals surface area contributed by atoms with Gasteiger partial charge in [-0.05, 0) is 48.9 Å². The summed E-state index contributed by atoms with van der Waals surface area (Å²) >= 11 is 7.05. The predicted molar refractivity (Wildman–Crippen MR) is 92.5 cm³/mol. The van der Waals surface area contributed by atoms with E-state index in [1.165, 1.54) is 33.9 Å². The molecule has 0 bridgehead atoms. The monoisotopic (exact) mass is 385 g/mol. The van der Waals surface area contributed by atoms with Gasteiger partial charge in [-0.25, -0.2) is 13.4 Å². The lowest BCUT2D eigenvalue weighted by Crippen LogP contribution is -2.41. The van der Waals surface area contributed by atoms with E-state index in [4.69, 9.17) is 11.6 Å². The van der Waals surface area contributed by atoms with E-state index >= 15 is 0 Å². The van der Waals surface area contributed by atoms with Gasteiger partial charge in [0.2, 0.25) is 0 Å². The number of sulfonamides is 1. The van der Waals surface area contributed by atoms with E-state index in [2.05, 4.69) is 22.2 Å². The van der Waals surface area contributed by atoms with Gasteiger partial charge in [-0.2, -0.15) is 0 Å². The number of aromatic nitrogens is 1. The number of amides is 1. The van der Waals surface area contributed by atoms with Crippen molar-refractivity contribution in [3.63, 3.8) is 0 Å². The SMILES string of the molecule is C[C@@H]1CCc2sc(C(=O)NNS(=O)(=O)c3ccc(Cl)nc3)cc2C1. The first kappa shape index (κ1) is 17.3. The number of nitrogens with one attached hydrogen (secondary N) is 2. The second kappa shape index (κ2) is 6.79. The van der Waals surface area contributed by atoms with Crippen LogP contribution >= 0.6 is 22.9 Å². The lowest BCUT2D eigenvalue weighted by atomic mass is 9.90. The second-order valence-electron chi connectivity index (χ2n) is 5.78. The van der Waals surface area contributed by atoms with Gasteiger partial charge >= 0.3 is 0 Å². The van der Waals surface area contributed by atoms with Gasteiger partial charge in [-0.1, -0.05) is 18.5 Å². The van der Waals surface area contributed by atoms with Gasteiger partial charge in [0.15, 0.2) is 0 Å². The van der Waals surface area contributed by atoms with Gasteiger partial charge in [-0.3, -0.25) is 10.2 Å². The molecule has 24 heavy (non-hydrogen) atoms. The Hall–Kier alpha value is -1.48. The molecule has 0 aromatic carbocycles. The summed E-state index contributed by atoms with van der Waals surface area (Å²) in [6.45, 7) is 2.19. The van der Waals surface area contributed by atoms with Crippen LogP contribution in [-0.2, 0) is 22.9 Å². The highest BCUT2D eigenvalue weighted by molar-refractivity contribution is 7.89. The zero-order chi connectivity index (χ0) is 17.3. The summed E-state index contributed by atoms with van der Waals surface area (Å²) in [6.07, 6.45) is 4.17. The number of aryl methyl sites for hydroxylation is 1. The summed E-state index contributed by atoms with van der Waals surface area (Å²) in [5, 5.41) is 0.191. The van der Waals surface area contributed by atoms with E-state index in [0.717, 1.165) is 25.5 Å². The van der Waals surface area contributed by atoms with Gasteiger partial charge in [0.05, 0.1) is 4.88 Å². The van der Waals surface area contributed by atoms with Crippen LogP contribution in [0.1, 0.15) is 33.5 Å². The number of carbonyl (C=O) groups excluding carboxylic acids is 1. The number of pyridine rings is 1. The maximum absolute atomic E-state index is 12.2. The number of carbonyl (C=O) groups is 1. The first-order valence-corrected chi connectivity index (χ1v) is 10.1. The molecule has 1 amide bonds. The molecule has 128 valence electrons. The third kappa shape index (κ3) is 3.77. The van der Waals surface area contributed by atoms with E-state index in [9.17, 15) is 13.2 Å². The lowest BCUT2D eigenvalue weighted by Gasteiger charge is -2.16. The van der Waals surface area contributed by atoms with Crippen molar-refractivity contribution >= 4 is 38.9 Å². The van der Waals surface area contributed by atoms with Crippen molar-refractivity contribution in [2.45, 2.75) is 31.1 Å². The minimum atomic E-state index is -3.89. The van der Waals surface area contributed by atoms with E-state index in [1.807, 2.05) is 6.07 Å². The molecule has 0 spiro atoms. The second-order valence-corrected chi connectivity index (χ2v) is 8.99. The molecule has 6 nitrogen and oxygen atoms in total. The average molecular weight is 386 g/mol.